The van der Waals surface area contributed by atoms with Crippen LogP contribution in [0.15, 0.2) is 24.3 Å². The lowest BCUT2D eigenvalue weighted by molar-refractivity contribution is 0.0565. The minimum absolute atomic E-state index is 0.849. The summed E-state index contributed by atoms with van der Waals surface area (Å²) in [7, 11) is 2.65. The van der Waals surface area contributed by atoms with Gasteiger partial charge in [-0.1, -0.05) is 0 Å². The van der Waals surface area contributed by atoms with Gasteiger partial charge < -0.3 is 14.4 Å². The minimum Gasteiger partial charge on any atom is -0.378 e. The summed E-state index contributed by atoms with van der Waals surface area (Å²) in [4.78, 5) is 2.17. The molecule has 0 bridgehead atoms. The van der Waals surface area contributed by atoms with Gasteiger partial charge in [-0.15, -0.1) is 0 Å². The first-order valence-electron chi connectivity index (χ1n) is 9.01. The van der Waals surface area contributed by atoms with Crippen LogP contribution < -0.4 is 10.2 Å². The lowest BCUT2D eigenvalue weighted by atomic mass is 10.3. The number of benzene rings is 1. The van der Waals surface area contributed by atoms with Crippen molar-refractivity contribution in [3.63, 3.8) is 0 Å². The van der Waals surface area contributed by atoms with E-state index < -0.39 is 7.56 Å². The molecule has 2 saturated heterocycles. The van der Waals surface area contributed by atoms with Crippen LogP contribution in [0, 0.1) is 0 Å². The van der Waals surface area contributed by atoms with Crippen LogP contribution in [-0.2, 0) is 9.47 Å². The number of hydrogen-bond acceptors (Lipinski definition) is 5. The maximum Gasteiger partial charge on any atom is 0.185 e. The first kappa shape index (κ1) is 18.1. The highest BCUT2D eigenvalue weighted by Gasteiger charge is 2.52. The van der Waals surface area contributed by atoms with Gasteiger partial charge in [-0.05, 0) is 31.2 Å². The highest BCUT2D eigenvalue weighted by atomic mass is 31.2. The maximum absolute atomic E-state index is 5.64. The fourth-order valence-corrected chi connectivity index (χ4v) is 8.30. The van der Waals surface area contributed by atoms with Gasteiger partial charge in [0, 0.05) is 19.8 Å². The van der Waals surface area contributed by atoms with E-state index in [0.717, 1.165) is 52.6 Å². The molecule has 0 spiro atoms. The maximum atomic E-state index is 5.64. The Hall–Kier alpha value is -0.710. The first-order chi connectivity index (χ1) is 11.7. The number of hydrogen-bond donors (Lipinski definition) is 0. The molecule has 1 aromatic rings. The molecule has 6 heteroatoms. The van der Waals surface area contributed by atoms with Crippen molar-refractivity contribution in [2.45, 2.75) is 6.92 Å². The summed E-state index contributed by atoms with van der Waals surface area (Å²) in [6.07, 6.45) is 1.17. The van der Waals surface area contributed by atoms with E-state index in [2.05, 4.69) is 59.5 Å². The normalized spacial score (nSPS) is 21.0. The van der Waals surface area contributed by atoms with Crippen LogP contribution in [0.1, 0.15) is 6.92 Å². The van der Waals surface area contributed by atoms with Crippen LogP contribution in [0.3, 0.4) is 0 Å². The largest absolute Gasteiger partial charge is 0.378 e. The van der Waals surface area contributed by atoms with Crippen molar-refractivity contribution in [3.05, 3.63) is 24.3 Å². The molecule has 0 unspecified atom stereocenters. The fourth-order valence-electron chi connectivity index (χ4n) is 3.85. The van der Waals surface area contributed by atoms with Crippen LogP contribution in [0.4, 0.5) is 5.69 Å². The Balaban J connectivity index is 1.98. The van der Waals surface area contributed by atoms with E-state index in [4.69, 9.17) is 9.47 Å². The van der Waals surface area contributed by atoms with Crippen molar-refractivity contribution in [2.24, 2.45) is 0 Å². The predicted octanol–water partition coefficient (Wildman–Crippen LogP) is 1.91. The summed E-state index contributed by atoms with van der Waals surface area (Å²) in [6.45, 7) is 9.90. The van der Waals surface area contributed by atoms with E-state index in [1.165, 1.54) is 17.2 Å². The van der Waals surface area contributed by atoms with Crippen molar-refractivity contribution in [1.82, 2.24) is 9.34 Å². The predicted molar refractivity (Wildman–Crippen MR) is 103 cm³/mol. The standard InChI is InChI=1S/C18H31N3O2P/c1-4-24(20-9-13-22-14-10-20,21-11-15-23-16-12-21)18-7-5-17(6-8-18)19(2)3/h5-8H,4,9-16H2,1-3H3/q+1. The quantitative estimate of drug-likeness (QED) is 0.755. The molecule has 1 aromatic carbocycles. The number of ether oxygens (including phenoxy) is 2. The fraction of sp³-hybridized carbons (Fsp3) is 0.667. The lowest BCUT2D eigenvalue weighted by Gasteiger charge is -2.45. The number of nitrogens with zero attached hydrogens (tertiary/aromatic N) is 3. The van der Waals surface area contributed by atoms with E-state index in [0.29, 0.717) is 0 Å². The Morgan fingerprint density at radius 1 is 0.875 bits per heavy atom. The third-order valence-electron chi connectivity index (χ3n) is 5.13. The van der Waals surface area contributed by atoms with Gasteiger partial charge in [0.05, 0.1) is 58.8 Å². The summed E-state index contributed by atoms with van der Waals surface area (Å²) in [6, 6.07) is 9.25. The average Bonchev–Trinajstić information content (AvgIpc) is 2.65. The van der Waals surface area contributed by atoms with Crippen LogP contribution in [-0.4, -0.2) is 82.2 Å². The van der Waals surface area contributed by atoms with Crippen molar-refractivity contribution < 1.29 is 9.47 Å². The molecule has 2 heterocycles. The van der Waals surface area contributed by atoms with E-state index >= 15 is 0 Å². The Kier molecular flexibility index (Phi) is 6.12. The molecule has 2 fully saturated rings. The molecule has 0 aromatic heterocycles. The second-order valence-corrected chi connectivity index (χ2v) is 10.3. The number of anilines is 1. The Bertz CT molecular complexity index is 494. The van der Waals surface area contributed by atoms with Gasteiger partial charge in [-0.3, -0.25) is 0 Å². The van der Waals surface area contributed by atoms with Gasteiger partial charge in [-0.2, -0.15) is 9.34 Å². The van der Waals surface area contributed by atoms with Crippen LogP contribution in [0.2, 0.25) is 0 Å². The smallest absolute Gasteiger partial charge is 0.185 e. The summed E-state index contributed by atoms with van der Waals surface area (Å²) in [5.41, 5.74) is 1.26. The molecule has 0 aliphatic carbocycles. The van der Waals surface area contributed by atoms with Gasteiger partial charge in [0.1, 0.15) is 5.30 Å². The van der Waals surface area contributed by atoms with Gasteiger partial charge >= 0.3 is 0 Å². The molecule has 0 N–H and O–H groups in total. The van der Waals surface area contributed by atoms with E-state index in [1.54, 1.807) is 0 Å². The van der Waals surface area contributed by atoms with Crippen molar-refractivity contribution in [2.75, 3.05) is 77.8 Å². The molecule has 0 radical (unpaired) electrons. The first-order valence-corrected chi connectivity index (χ1v) is 10.9. The zero-order valence-electron chi connectivity index (χ0n) is 15.3. The Morgan fingerprint density at radius 2 is 1.33 bits per heavy atom. The molecule has 0 amide bonds. The third kappa shape index (κ3) is 3.47. The van der Waals surface area contributed by atoms with E-state index in [9.17, 15) is 0 Å². The molecule has 3 rings (SSSR count). The molecule has 5 nitrogen and oxygen atoms in total. The zero-order valence-corrected chi connectivity index (χ0v) is 16.2. The number of rotatable bonds is 5. The third-order valence-corrected chi connectivity index (χ3v) is 9.81. The molecular formula is C18H31N3O2P+. The van der Waals surface area contributed by atoms with Gasteiger partial charge in [0.25, 0.3) is 0 Å². The minimum atomic E-state index is -1.54. The van der Waals surface area contributed by atoms with Crippen LogP contribution in [0.5, 0.6) is 0 Å². The molecule has 134 valence electrons. The van der Waals surface area contributed by atoms with Gasteiger partial charge in [0.2, 0.25) is 0 Å². The van der Waals surface area contributed by atoms with Crippen molar-refractivity contribution in [1.29, 1.82) is 0 Å². The Labute approximate surface area is 147 Å². The summed E-state index contributed by atoms with van der Waals surface area (Å²) < 4.78 is 16.7. The molecule has 0 atom stereocenters. The second kappa shape index (κ2) is 8.11. The molecule has 2 aliphatic rings. The summed E-state index contributed by atoms with van der Waals surface area (Å²) in [5.74, 6) is 0. The van der Waals surface area contributed by atoms with Crippen molar-refractivity contribution in [3.8, 4) is 0 Å². The highest BCUT2D eigenvalue weighted by Crippen LogP contribution is 2.63. The molecule has 24 heavy (non-hydrogen) atoms. The van der Waals surface area contributed by atoms with E-state index in [1.807, 2.05) is 0 Å². The van der Waals surface area contributed by atoms with Gasteiger partial charge in [-0.25, -0.2) is 0 Å². The highest BCUT2D eigenvalue weighted by molar-refractivity contribution is 7.78. The SMILES string of the molecule is CC[P+](c1ccc(N(C)C)cc1)(N1CCOCC1)N1CCOCC1. The number of morpholine rings is 2. The molecule has 2 aliphatic heterocycles. The zero-order chi connectivity index (χ0) is 17.0. The van der Waals surface area contributed by atoms with Crippen LogP contribution >= 0.6 is 7.56 Å². The van der Waals surface area contributed by atoms with Crippen molar-refractivity contribution >= 4 is 18.6 Å². The lowest BCUT2D eigenvalue weighted by Crippen LogP contribution is -2.50. The van der Waals surface area contributed by atoms with Gasteiger partial charge in [0.15, 0.2) is 7.56 Å². The average molecular weight is 352 g/mol. The molecular weight excluding hydrogens is 321 g/mol. The summed E-state index contributed by atoms with van der Waals surface area (Å²) >= 11 is 0. The molecule has 0 saturated carbocycles. The topological polar surface area (TPSA) is 28.2 Å². The monoisotopic (exact) mass is 352 g/mol. The van der Waals surface area contributed by atoms with Crippen LogP contribution in [0.25, 0.3) is 0 Å². The Morgan fingerprint density at radius 3 is 1.71 bits per heavy atom. The van der Waals surface area contributed by atoms with E-state index in [-0.39, 0.29) is 0 Å². The second-order valence-electron chi connectivity index (χ2n) is 6.59. The summed E-state index contributed by atoms with van der Waals surface area (Å²) in [5, 5.41) is 1.50.